The zero-order valence-electron chi connectivity index (χ0n) is 13.5. The van der Waals surface area contributed by atoms with Crippen LogP contribution in [0.2, 0.25) is 0 Å². The lowest BCUT2D eigenvalue weighted by molar-refractivity contribution is -0.120. The second-order valence-electron chi connectivity index (χ2n) is 6.15. The molecule has 0 N–H and O–H groups in total. The van der Waals surface area contributed by atoms with Gasteiger partial charge >= 0.3 is 0 Å². The molecule has 25 heavy (non-hydrogen) atoms. The van der Waals surface area contributed by atoms with Crippen LogP contribution in [0, 0.1) is 12.8 Å². The highest BCUT2D eigenvalue weighted by Gasteiger charge is 2.35. The first kappa shape index (κ1) is 16.2. The fourth-order valence-electron chi connectivity index (χ4n) is 3.23. The molecule has 1 atom stereocenters. The highest BCUT2D eigenvalue weighted by molar-refractivity contribution is 7.21. The summed E-state index contributed by atoms with van der Waals surface area (Å²) in [5, 5.41) is 0.480. The van der Waals surface area contributed by atoms with E-state index in [4.69, 9.17) is 16.6 Å². The van der Waals surface area contributed by atoms with Crippen LogP contribution in [-0.4, -0.2) is 22.7 Å². The summed E-state index contributed by atoms with van der Waals surface area (Å²) in [7, 11) is 0. The molecule has 126 valence electrons. The molecule has 1 aromatic heterocycles. The summed E-state index contributed by atoms with van der Waals surface area (Å²) in [4.78, 5) is 30.1. The Kier molecular flexibility index (Phi) is 4.06. The molecule has 1 amide bonds. The van der Waals surface area contributed by atoms with Gasteiger partial charge in [0.15, 0.2) is 0 Å². The molecule has 2 heterocycles. The van der Waals surface area contributed by atoms with E-state index in [1.807, 2.05) is 43.3 Å². The number of benzene rings is 2. The number of anilines is 1. The third-order valence-electron chi connectivity index (χ3n) is 4.57. The topological polar surface area (TPSA) is 50.3 Å². The highest BCUT2D eigenvalue weighted by Crippen LogP contribution is 2.37. The Bertz CT molecular complexity index is 965. The summed E-state index contributed by atoms with van der Waals surface area (Å²) in [6.45, 7) is 2.32. The molecule has 1 aliphatic heterocycles. The quantitative estimate of drug-likeness (QED) is 0.642. The minimum absolute atomic E-state index is 0.0662. The smallest absolute Gasteiger partial charge is 0.227 e. The van der Waals surface area contributed by atoms with E-state index in [2.05, 4.69) is 6.07 Å². The van der Waals surface area contributed by atoms with Crippen molar-refractivity contribution in [2.24, 2.45) is 5.92 Å². The van der Waals surface area contributed by atoms with Crippen molar-refractivity contribution in [1.29, 1.82) is 0 Å². The summed E-state index contributed by atoms with van der Waals surface area (Å²) < 4.78 is 1.13. The fourth-order valence-corrected chi connectivity index (χ4v) is 4.42. The first-order valence-corrected chi connectivity index (χ1v) is 9.19. The average molecular weight is 371 g/mol. The van der Waals surface area contributed by atoms with E-state index >= 15 is 0 Å². The SMILES string of the molecule is Cc1c(-c2nc3ccccc3s2)cccc1N1CC(C(=O)Cl)CC1=O. The Morgan fingerprint density at radius 2 is 2.04 bits per heavy atom. The minimum atomic E-state index is -0.448. The number of aromatic nitrogens is 1. The summed E-state index contributed by atoms with van der Waals surface area (Å²) in [6.07, 6.45) is 0.174. The van der Waals surface area contributed by atoms with Crippen molar-refractivity contribution < 1.29 is 9.59 Å². The zero-order valence-corrected chi connectivity index (χ0v) is 15.1. The first-order chi connectivity index (χ1) is 12.0. The average Bonchev–Trinajstić information content (AvgIpc) is 3.18. The van der Waals surface area contributed by atoms with Crippen LogP contribution < -0.4 is 4.90 Å². The molecule has 4 rings (SSSR count). The van der Waals surface area contributed by atoms with Crippen molar-refractivity contribution in [1.82, 2.24) is 4.98 Å². The van der Waals surface area contributed by atoms with Crippen molar-refractivity contribution in [2.45, 2.75) is 13.3 Å². The predicted molar refractivity (Wildman–Crippen MR) is 101 cm³/mol. The van der Waals surface area contributed by atoms with Gasteiger partial charge < -0.3 is 4.90 Å². The molecular weight excluding hydrogens is 356 g/mol. The Morgan fingerprint density at radius 1 is 1.24 bits per heavy atom. The number of hydrogen-bond acceptors (Lipinski definition) is 4. The van der Waals surface area contributed by atoms with E-state index < -0.39 is 11.2 Å². The molecule has 1 fully saturated rings. The van der Waals surface area contributed by atoms with Crippen molar-refractivity contribution in [3.05, 3.63) is 48.0 Å². The molecule has 0 aliphatic carbocycles. The molecule has 0 radical (unpaired) electrons. The standard InChI is InChI=1S/C19H15ClN2O2S/c1-11-13(19-21-14-6-2-3-8-16(14)25-19)5-4-7-15(11)22-10-12(18(20)24)9-17(22)23/h2-8,12H,9-10H2,1H3. The van der Waals surface area contributed by atoms with Crippen LogP contribution in [0.4, 0.5) is 5.69 Å². The number of carbonyl (C=O) groups excluding carboxylic acids is 2. The monoisotopic (exact) mass is 370 g/mol. The van der Waals surface area contributed by atoms with Crippen molar-refractivity contribution in [3.8, 4) is 10.6 Å². The Labute approximate surface area is 154 Å². The van der Waals surface area contributed by atoms with Crippen LogP contribution in [0.15, 0.2) is 42.5 Å². The number of hydrogen-bond donors (Lipinski definition) is 0. The zero-order chi connectivity index (χ0) is 17.6. The van der Waals surface area contributed by atoms with E-state index in [-0.39, 0.29) is 12.3 Å². The van der Waals surface area contributed by atoms with Gasteiger partial charge in [-0.1, -0.05) is 24.3 Å². The number of thiazole rings is 1. The summed E-state index contributed by atoms with van der Waals surface area (Å²) in [5.74, 6) is -0.497. The van der Waals surface area contributed by atoms with E-state index in [1.54, 1.807) is 16.2 Å². The molecule has 1 unspecified atom stereocenters. The van der Waals surface area contributed by atoms with Crippen LogP contribution in [-0.2, 0) is 9.59 Å². The van der Waals surface area contributed by atoms with Gasteiger partial charge in [0.2, 0.25) is 11.1 Å². The lowest BCUT2D eigenvalue weighted by Crippen LogP contribution is -2.26. The lowest BCUT2D eigenvalue weighted by atomic mass is 10.1. The van der Waals surface area contributed by atoms with Gasteiger partial charge in [-0.2, -0.15) is 0 Å². The molecule has 0 saturated carbocycles. The van der Waals surface area contributed by atoms with Gasteiger partial charge in [0.25, 0.3) is 0 Å². The normalized spacial score (nSPS) is 17.4. The van der Waals surface area contributed by atoms with Gasteiger partial charge in [-0.05, 0) is 42.3 Å². The second kappa shape index (κ2) is 6.24. The van der Waals surface area contributed by atoms with Crippen LogP contribution in [0.25, 0.3) is 20.8 Å². The maximum absolute atomic E-state index is 12.3. The third kappa shape index (κ3) is 2.83. The summed E-state index contributed by atoms with van der Waals surface area (Å²) in [5.41, 5.74) is 3.78. The molecule has 2 aromatic carbocycles. The molecule has 0 spiro atoms. The van der Waals surface area contributed by atoms with Gasteiger partial charge in [-0.15, -0.1) is 11.3 Å². The van der Waals surface area contributed by atoms with Crippen LogP contribution in [0.5, 0.6) is 0 Å². The maximum Gasteiger partial charge on any atom is 0.227 e. The number of fused-ring (bicyclic) bond motifs is 1. The molecule has 1 saturated heterocycles. The van der Waals surface area contributed by atoms with E-state index in [0.717, 1.165) is 32.0 Å². The molecular formula is C19H15ClN2O2S. The number of amides is 1. The molecule has 4 nitrogen and oxygen atoms in total. The van der Waals surface area contributed by atoms with Crippen LogP contribution >= 0.6 is 22.9 Å². The number of rotatable bonds is 3. The Morgan fingerprint density at radius 3 is 2.76 bits per heavy atom. The van der Waals surface area contributed by atoms with Gasteiger partial charge in [-0.3, -0.25) is 9.59 Å². The minimum Gasteiger partial charge on any atom is -0.311 e. The summed E-state index contributed by atoms with van der Waals surface area (Å²) >= 11 is 7.22. The maximum atomic E-state index is 12.3. The van der Waals surface area contributed by atoms with Gasteiger partial charge in [0.05, 0.1) is 16.1 Å². The summed E-state index contributed by atoms with van der Waals surface area (Å²) in [6, 6.07) is 13.9. The molecule has 0 bridgehead atoms. The third-order valence-corrected chi connectivity index (χ3v) is 5.94. The molecule has 3 aromatic rings. The Hall–Kier alpha value is -2.24. The molecule has 6 heteroatoms. The Balaban J connectivity index is 1.76. The number of nitrogens with zero attached hydrogens (tertiary/aromatic N) is 2. The number of carbonyl (C=O) groups is 2. The lowest BCUT2D eigenvalue weighted by Gasteiger charge is -2.20. The van der Waals surface area contributed by atoms with Gasteiger partial charge in [-0.25, -0.2) is 4.98 Å². The number of halogens is 1. The van der Waals surface area contributed by atoms with Crippen molar-refractivity contribution in [3.63, 3.8) is 0 Å². The van der Waals surface area contributed by atoms with E-state index in [9.17, 15) is 9.59 Å². The van der Waals surface area contributed by atoms with Crippen molar-refractivity contribution in [2.75, 3.05) is 11.4 Å². The first-order valence-electron chi connectivity index (χ1n) is 8.00. The largest absolute Gasteiger partial charge is 0.311 e. The highest BCUT2D eigenvalue weighted by atomic mass is 35.5. The second-order valence-corrected chi connectivity index (χ2v) is 7.55. The van der Waals surface area contributed by atoms with Crippen LogP contribution in [0.1, 0.15) is 12.0 Å². The van der Waals surface area contributed by atoms with E-state index in [1.165, 1.54) is 0 Å². The number of para-hydroxylation sites is 1. The van der Waals surface area contributed by atoms with Crippen LogP contribution in [0.3, 0.4) is 0 Å². The van der Waals surface area contributed by atoms with Gasteiger partial charge in [0, 0.05) is 24.2 Å². The predicted octanol–water partition coefficient (Wildman–Crippen LogP) is 4.39. The fraction of sp³-hybridized carbons (Fsp3) is 0.211. The molecule has 1 aliphatic rings. The van der Waals surface area contributed by atoms with Gasteiger partial charge in [0.1, 0.15) is 5.01 Å². The van der Waals surface area contributed by atoms with Crippen molar-refractivity contribution >= 4 is 50.0 Å². The van der Waals surface area contributed by atoms with E-state index in [0.29, 0.717) is 6.54 Å².